The zero-order valence-corrected chi connectivity index (χ0v) is 11.6. The minimum atomic E-state index is -0.471. The van der Waals surface area contributed by atoms with E-state index in [1.807, 2.05) is 6.92 Å². The molecule has 0 aliphatic rings. The second-order valence-corrected chi connectivity index (χ2v) is 4.49. The molecule has 2 rings (SSSR count). The maximum absolute atomic E-state index is 13.7. The normalized spacial score (nSPS) is 10.2. The van der Waals surface area contributed by atoms with E-state index in [2.05, 4.69) is 10.6 Å². The third-order valence-electron chi connectivity index (χ3n) is 2.93. The summed E-state index contributed by atoms with van der Waals surface area (Å²) in [6.07, 6.45) is 0.849. The van der Waals surface area contributed by atoms with Gasteiger partial charge in [-0.2, -0.15) is 0 Å². The molecule has 110 valence electrons. The van der Waals surface area contributed by atoms with Crippen molar-refractivity contribution in [2.45, 2.75) is 13.3 Å². The van der Waals surface area contributed by atoms with Gasteiger partial charge in [-0.1, -0.05) is 25.1 Å². The number of benzene rings is 2. The number of hydrogen-bond donors (Lipinski definition) is 2. The van der Waals surface area contributed by atoms with Crippen molar-refractivity contribution < 1.29 is 9.31 Å². The Labute approximate surface area is 122 Å². The largest absolute Gasteiger partial charge is 0.379 e. The molecule has 2 aromatic rings. The van der Waals surface area contributed by atoms with E-state index in [1.165, 1.54) is 12.1 Å². The maximum Gasteiger partial charge on any atom is 0.315 e. The Balaban J connectivity index is 2.39. The first-order valence-electron chi connectivity index (χ1n) is 6.66. The SMILES string of the molecule is CCCNc1cccc(Nc2ccccc2F)c1[N+](=O)[O-]. The predicted molar refractivity (Wildman–Crippen MR) is 81.6 cm³/mol. The number of nitrogens with one attached hydrogen (secondary N) is 2. The van der Waals surface area contributed by atoms with Gasteiger partial charge in [-0.3, -0.25) is 10.1 Å². The van der Waals surface area contributed by atoms with Crippen molar-refractivity contribution in [2.24, 2.45) is 0 Å². The number of anilines is 3. The van der Waals surface area contributed by atoms with Gasteiger partial charge in [0.15, 0.2) is 0 Å². The Morgan fingerprint density at radius 1 is 1.10 bits per heavy atom. The van der Waals surface area contributed by atoms with Crippen LogP contribution in [0.15, 0.2) is 42.5 Å². The highest BCUT2D eigenvalue weighted by Gasteiger charge is 2.20. The highest BCUT2D eigenvalue weighted by Crippen LogP contribution is 2.35. The molecule has 0 fully saturated rings. The van der Waals surface area contributed by atoms with Crippen molar-refractivity contribution in [2.75, 3.05) is 17.2 Å². The summed E-state index contributed by atoms with van der Waals surface area (Å²) in [5.41, 5.74) is 0.789. The highest BCUT2D eigenvalue weighted by molar-refractivity contribution is 5.79. The van der Waals surface area contributed by atoms with Gasteiger partial charge in [-0.05, 0) is 30.7 Å². The molecule has 2 aromatic carbocycles. The molecular formula is C15H16FN3O2. The molecule has 0 bridgehead atoms. The molecule has 0 atom stereocenters. The van der Waals surface area contributed by atoms with E-state index >= 15 is 0 Å². The smallest absolute Gasteiger partial charge is 0.315 e. The fourth-order valence-corrected chi connectivity index (χ4v) is 1.95. The first-order chi connectivity index (χ1) is 10.1. The number of halogens is 1. The summed E-state index contributed by atoms with van der Waals surface area (Å²) >= 11 is 0. The Morgan fingerprint density at radius 3 is 2.43 bits per heavy atom. The van der Waals surface area contributed by atoms with Gasteiger partial charge >= 0.3 is 5.69 Å². The molecule has 0 saturated heterocycles. The molecule has 0 aliphatic carbocycles. The predicted octanol–water partition coefficient (Wildman–Crippen LogP) is 4.30. The molecule has 0 heterocycles. The van der Waals surface area contributed by atoms with Gasteiger partial charge < -0.3 is 10.6 Å². The van der Waals surface area contributed by atoms with Crippen LogP contribution in [0.1, 0.15) is 13.3 Å². The van der Waals surface area contributed by atoms with Crippen LogP contribution in [0.5, 0.6) is 0 Å². The van der Waals surface area contributed by atoms with Gasteiger partial charge in [0.1, 0.15) is 17.2 Å². The lowest BCUT2D eigenvalue weighted by Crippen LogP contribution is -2.05. The van der Waals surface area contributed by atoms with Crippen LogP contribution in [-0.4, -0.2) is 11.5 Å². The quantitative estimate of drug-likeness (QED) is 0.614. The van der Waals surface area contributed by atoms with Crippen molar-refractivity contribution in [3.63, 3.8) is 0 Å². The summed E-state index contributed by atoms with van der Waals surface area (Å²) in [6.45, 7) is 2.60. The zero-order chi connectivity index (χ0) is 15.2. The molecule has 0 amide bonds. The van der Waals surface area contributed by atoms with Gasteiger partial charge in [0.25, 0.3) is 0 Å². The van der Waals surface area contributed by atoms with Crippen molar-refractivity contribution in [3.05, 3.63) is 58.4 Å². The minimum absolute atomic E-state index is 0.0887. The minimum Gasteiger partial charge on any atom is -0.379 e. The van der Waals surface area contributed by atoms with Gasteiger partial charge in [-0.25, -0.2) is 4.39 Å². The van der Waals surface area contributed by atoms with Crippen LogP contribution in [0.4, 0.5) is 27.1 Å². The summed E-state index contributed by atoms with van der Waals surface area (Å²) in [4.78, 5) is 10.8. The summed E-state index contributed by atoms with van der Waals surface area (Å²) in [5, 5.41) is 17.1. The third kappa shape index (κ3) is 3.47. The van der Waals surface area contributed by atoms with Crippen LogP contribution in [0.25, 0.3) is 0 Å². The van der Waals surface area contributed by atoms with Gasteiger partial charge in [0, 0.05) is 6.54 Å². The van der Waals surface area contributed by atoms with E-state index in [9.17, 15) is 14.5 Å². The third-order valence-corrected chi connectivity index (χ3v) is 2.93. The topological polar surface area (TPSA) is 67.2 Å². The molecule has 6 heteroatoms. The second kappa shape index (κ2) is 6.69. The fraction of sp³-hybridized carbons (Fsp3) is 0.200. The van der Waals surface area contributed by atoms with E-state index < -0.39 is 10.7 Å². The number of hydrogen-bond acceptors (Lipinski definition) is 4. The summed E-state index contributed by atoms with van der Waals surface area (Å²) in [6, 6.07) is 10.9. The number of rotatable bonds is 6. The van der Waals surface area contributed by atoms with E-state index in [1.54, 1.807) is 30.3 Å². The van der Waals surface area contributed by atoms with Crippen LogP contribution < -0.4 is 10.6 Å². The van der Waals surface area contributed by atoms with E-state index in [0.29, 0.717) is 12.2 Å². The number of nitro groups is 1. The molecule has 0 aromatic heterocycles. The molecule has 0 saturated carbocycles. The van der Waals surface area contributed by atoms with Crippen molar-refractivity contribution >= 4 is 22.7 Å². The molecule has 0 aliphatic heterocycles. The van der Waals surface area contributed by atoms with Crippen molar-refractivity contribution in [3.8, 4) is 0 Å². The van der Waals surface area contributed by atoms with E-state index in [0.717, 1.165) is 6.42 Å². The number of nitro benzene ring substituents is 1. The zero-order valence-electron chi connectivity index (χ0n) is 11.6. The van der Waals surface area contributed by atoms with E-state index in [4.69, 9.17) is 0 Å². The lowest BCUT2D eigenvalue weighted by atomic mass is 10.2. The Morgan fingerprint density at radius 2 is 1.76 bits per heavy atom. The highest BCUT2D eigenvalue weighted by atomic mass is 19.1. The molecule has 21 heavy (non-hydrogen) atoms. The first kappa shape index (κ1) is 14.8. The maximum atomic E-state index is 13.7. The summed E-state index contributed by atoms with van der Waals surface area (Å²) < 4.78 is 13.7. The molecule has 2 N–H and O–H groups in total. The molecule has 0 radical (unpaired) electrons. The average molecular weight is 289 g/mol. The van der Waals surface area contributed by atoms with Gasteiger partial charge in [0.2, 0.25) is 0 Å². The average Bonchev–Trinajstić information content (AvgIpc) is 2.47. The van der Waals surface area contributed by atoms with Crippen molar-refractivity contribution in [1.82, 2.24) is 0 Å². The lowest BCUT2D eigenvalue weighted by molar-refractivity contribution is -0.383. The van der Waals surface area contributed by atoms with Gasteiger partial charge in [0.05, 0.1) is 10.6 Å². The van der Waals surface area contributed by atoms with Crippen LogP contribution in [0, 0.1) is 15.9 Å². The summed E-state index contributed by atoms with van der Waals surface area (Å²) in [5.74, 6) is -0.460. The Bertz CT molecular complexity index is 647. The van der Waals surface area contributed by atoms with Gasteiger partial charge in [-0.15, -0.1) is 0 Å². The van der Waals surface area contributed by atoms with E-state index in [-0.39, 0.29) is 17.1 Å². The molecule has 5 nitrogen and oxygen atoms in total. The fourth-order valence-electron chi connectivity index (χ4n) is 1.95. The lowest BCUT2D eigenvalue weighted by Gasteiger charge is -2.11. The van der Waals surface area contributed by atoms with Crippen LogP contribution in [0.2, 0.25) is 0 Å². The molecule has 0 spiro atoms. The Hall–Kier alpha value is -2.63. The monoisotopic (exact) mass is 289 g/mol. The summed E-state index contributed by atoms with van der Waals surface area (Å²) in [7, 11) is 0. The standard InChI is InChI=1S/C15H16FN3O2/c1-2-10-17-13-8-5-9-14(15(13)19(20)21)18-12-7-4-3-6-11(12)16/h3-9,17-18H,2,10H2,1H3. The Kier molecular flexibility index (Phi) is 4.71. The first-order valence-corrected chi connectivity index (χ1v) is 6.66. The number of nitrogens with zero attached hydrogens (tertiary/aromatic N) is 1. The van der Waals surface area contributed by atoms with Crippen LogP contribution >= 0.6 is 0 Å². The van der Waals surface area contributed by atoms with Crippen molar-refractivity contribution in [1.29, 1.82) is 0 Å². The van der Waals surface area contributed by atoms with Crippen LogP contribution in [0.3, 0.4) is 0 Å². The second-order valence-electron chi connectivity index (χ2n) is 4.49. The molecule has 0 unspecified atom stereocenters. The van der Waals surface area contributed by atoms with Crippen LogP contribution in [-0.2, 0) is 0 Å². The number of para-hydroxylation sites is 2. The molecular weight excluding hydrogens is 273 g/mol.